The van der Waals surface area contributed by atoms with E-state index in [2.05, 4.69) is 23.2 Å². The molecule has 1 aliphatic heterocycles. The molecule has 3 aromatic rings. The first kappa shape index (κ1) is 13.0. The van der Waals surface area contributed by atoms with E-state index in [0.29, 0.717) is 5.69 Å². The summed E-state index contributed by atoms with van der Waals surface area (Å²) >= 11 is 0. The van der Waals surface area contributed by atoms with Crippen LogP contribution >= 0.6 is 0 Å². The maximum Gasteiger partial charge on any atom is 0.279 e. The molecule has 4 nitrogen and oxygen atoms in total. The number of hydrogen-bond donors (Lipinski definition) is 0. The van der Waals surface area contributed by atoms with Crippen molar-refractivity contribution < 1.29 is 4.79 Å². The zero-order valence-electron chi connectivity index (χ0n) is 12.2. The van der Waals surface area contributed by atoms with Gasteiger partial charge in [-0.25, -0.2) is 0 Å². The van der Waals surface area contributed by atoms with Crippen LogP contribution in [0.2, 0.25) is 0 Å². The summed E-state index contributed by atoms with van der Waals surface area (Å²) in [6, 6.07) is 17.7. The predicted molar refractivity (Wildman–Crippen MR) is 86.0 cm³/mol. The van der Waals surface area contributed by atoms with E-state index in [-0.39, 0.29) is 11.9 Å². The van der Waals surface area contributed by atoms with Gasteiger partial charge in [-0.2, -0.15) is 0 Å². The summed E-state index contributed by atoms with van der Waals surface area (Å²) in [5.74, 6) is -0.0873. The number of hydrogen-bond acceptors (Lipinski definition) is 3. The molecule has 0 radical (unpaired) electrons. The number of anilines is 1. The lowest BCUT2D eigenvalue weighted by Gasteiger charge is -2.22. The second-order valence-corrected chi connectivity index (χ2v) is 5.65. The van der Waals surface area contributed by atoms with E-state index in [1.807, 2.05) is 53.4 Å². The third-order valence-electron chi connectivity index (χ3n) is 4.14. The normalized spacial score (nSPS) is 16.8. The van der Waals surface area contributed by atoms with Crippen molar-refractivity contribution in [3.05, 3.63) is 65.9 Å². The fourth-order valence-electron chi connectivity index (χ4n) is 3.09. The van der Waals surface area contributed by atoms with Crippen LogP contribution in [0, 0.1) is 0 Å². The number of para-hydroxylation sites is 1. The molecular weight excluding hydrogens is 274 g/mol. The molecule has 0 aliphatic carbocycles. The molecule has 2 heterocycles. The van der Waals surface area contributed by atoms with Crippen molar-refractivity contribution in [2.75, 3.05) is 4.90 Å². The Labute approximate surface area is 128 Å². The van der Waals surface area contributed by atoms with Crippen LogP contribution in [-0.4, -0.2) is 22.1 Å². The van der Waals surface area contributed by atoms with Gasteiger partial charge in [0.1, 0.15) is 0 Å². The third-order valence-corrected chi connectivity index (χ3v) is 4.14. The standard InChI is InChI=1S/C18H15N3O/c1-12-10-14-7-3-5-9-17(14)21(12)18(22)16-11-13-6-2-4-8-15(13)19-20-16/h2-9,11-12H,10H2,1H3. The van der Waals surface area contributed by atoms with E-state index in [1.165, 1.54) is 5.56 Å². The Morgan fingerprint density at radius 2 is 1.86 bits per heavy atom. The number of nitrogens with zero attached hydrogens (tertiary/aromatic N) is 3. The highest BCUT2D eigenvalue weighted by molar-refractivity contribution is 6.07. The van der Waals surface area contributed by atoms with E-state index in [1.54, 1.807) is 0 Å². The molecule has 0 saturated carbocycles. The summed E-state index contributed by atoms with van der Waals surface area (Å²) in [5.41, 5.74) is 3.38. The molecule has 108 valence electrons. The molecule has 22 heavy (non-hydrogen) atoms. The van der Waals surface area contributed by atoms with Crippen LogP contribution in [0.1, 0.15) is 23.0 Å². The van der Waals surface area contributed by atoms with E-state index < -0.39 is 0 Å². The minimum absolute atomic E-state index is 0.0873. The Morgan fingerprint density at radius 1 is 1.09 bits per heavy atom. The van der Waals surface area contributed by atoms with Gasteiger partial charge < -0.3 is 4.90 Å². The molecule has 0 saturated heterocycles. The average Bonchev–Trinajstić information content (AvgIpc) is 2.89. The number of rotatable bonds is 1. The van der Waals surface area contributed by atoms with Crippen LogP contribution < -0.4 is 4.90 Å². The Kier molecular flexibility index (Phi) is 2.89. The summed E-state index contributed by atoms with van der Waals surface area (Å²) in [4.78, 5) is 14.7. The Morgan fingerprint density at radius 3 is 2.77 bits per heavy atom. The van der Waals surface area contributed by atoms with Gasteiger partial charge in [-0.05, 0) is 37.1 Å². The molecule has 4 heteroatoms. The van der Waals surface area contributed by atoms with Gasteiger partial charge in [-0.3, -0.25) is 4.79 Å². The van der Waals surface area contributed by atoms with E-state index in [0.717, 1.165) is 23.0 Å². The van der Waals surface area contributed by atoms with Crippen LogP contribution in [0.5, 0.6) is 0 Å². The van der Waals surface area contributed by atoms with Crippen molar-refractivity contribution in [2.24, 2.45) is 0 Å². The van der Waals surface area contributed by atoms with E-state index in [9.17, 15) is 4.79 Å². The zero-order chi connectivity index (χ0) is 15.1. The number of carbonyl (C=O) groups excluding carboxylic acids is 1. The zero-order valence-corrected chi connectivity index (χ0v) is 12.2. The highest BCUT2D eigenvalue weighted by atomic mass is 16.2. The minimum atomic E-state index is -0.0873. The van der Waals surface area contributed by atoms with Gasteiger partial charge in [-0.1, -0.05) is 36.4 Å². The summed E-state index contributed by atoms with van der Waals surface area (Å²) in [6.07, 6.45) is 0.878. The van der Waals surface area contributed by atoms with Gasteiger partial charge in [0, 0.05) is 17.1 Å². The Balaban J connectivity index is 1.77. The molecule has 1 aromatic heterocycles. The number of benzene rings is 2. The van der Waals surface area contributed by atoms with Gasteiger partial charge in [0.15, 0.2) is 5.69 Å². The highest BCUT2D eigenvalue weighted by Gasteiger charge is 2.32. The molecule has 1 amide bonds. The summed E-state index contributed by atoms with van der Waals surface area (Å²) in [7, 11) is 0. The maximum absolute atomic E-state index is 12.9. The van der Waals surface area contributed by atoms with Crippen molar-refractivity contribution >= 4 is 22.5 Å². The van der Waals surface area contributed by atoms with Crippen LogP contribution in [0.25, 0.3) is 10.9 Å². The number of carbonyl (C=O) groups is 1. The molecule has 4 rings (SSSR count). The molecular formula is C18H15N3O. The fraction of sp³-hybridized carbons (Fsp3) is 0.167. The van der Waals surface area contributed by atoms with Gasteiger partial charge in [0.25, 0.3) is 5.91 Å². The van der Waals surface area contributed by atoms with Crippen molar-refractivity contribution in [3.8, 4) is 0 Å². The summed E-state index contributed by atoms with van der Waals surface area (Å²) in [5, 5.41) is 9.21. The van der Waals surface area contributed by atoms with Crippen molar-refractivity contribution in [2.45, 2.75) is 19.4 Å². The Bertz CT molecular complexity index is 875. The lowest BCUT2D eigenvalue weighted by atomic mass is 10.1. The second-order valence-electron chi connectivity index (χ2n) is 5.65. The lowest BCUT2D eigenvalue weighted by molar-refractivity contribution is 0.0976. The monoisotopic (exact) mass is 289 g/mol. The first-order valence-corrected chi connectivity index (χ1v) is 7.38. The van der Waals surface area contributed by atoms with Crippen LogP contribution in [0.3, 0.4) is 0 Å². The van der Waals surface area contributed by atoms with Gasteiger partial charge in [0.05, 0.1) is 5.52 Å². The molecule has 1 aliphatic rings. The predicted octanol–water partition coefficient (Wildman–Crippen LogP) is 3.22. The first-order valence-electron chi connectivity index (χ1n) is 7.38. The molecule has 0 fully saturated rings. The van der Waals surface area contributed by atoms with Crippen molar-refractivity contribution in [1.29, 1.82) is 0 Å². The Hall–Kier alpha value is -2.75. The summed E-state index contributed by atoms with van der Waals surface area (Å²) in [6.45, 7) is 2.06. The van der Waals surface area contributed by atoms with Gasteiger partial charge >= 0.3 is 0 Å². The third kappa shape index (κ3) is 1.96. The van der Waals surface area contributed by atoms with E-state index in [4.69, 9.17) is 0 Å². The van der Waals surface area contributed by atoms with Gasteiger partial charge in [-0.15, -0.1) is 10.2 Å². The largest absolute Gasteiger partial charge is 0.304 e. The van der Waals surface area contributed by atoms with Gasteiger partial charge in [0.2, 0.25) is 0 Å². The maximum atomic E-state index is 12.9. The van der Waals surface area contributed by atoms with Crippen LogP contribution in [0.15, 0.2) is 54.6 Å². The SMILES string of the molecule is CC1Cc2ccccc2N1C(=O)c1cc2ccccc2nn1. The molecule has 0 spiro atoms. The van der Waals surface area contributed by atoms with E-state index >= 15 is 0 Å². The second kappa shape index (κ2) is 4.91. The number of fused-ring (bicyclic) bond motifs is 2. The first-order chi connectivity index (χ1) is 10.7. The van der Waals surface area contributed by atoms with Crippen LogP contribution in [0.4, 0.5) is 5.69 Å². The molecule has 2 aromatic carbocycles. The smallest absolute Gasteiger partial charge is 0.279 e. The molecule has 1 unspecified atom stereocenters. The molecule has 1 atom stereocenters. The topological polar surface area (TPSA) is 46.1 Å². The lowest BCUT2D eigenvalue weighted by Crippen LogP contribution is -2.36. The number of aromatic nitrogens is 2. The molecule has 0 N–H and O–H groups in total. The summed E-state index contributed by atoms with van der Waals surface area (Å²) < 4.78 is 0. The average molecular weight is 289 g/mol. The van der Waals surface area contributed by atoms with Crippen LogP contribution in [-0.2, 0) is 6.42 Å². The molecule has 0 bridgehead atoms. The highest BCUT2D eigenvalue weighted by Crippen LogP contribution is 2.32. The minimum Gasteiger partial charge on any atom is -0.304 e. The van der Waals surface area contributed by atoms with Crippen molar-refractivity contribution in [1.82, 2.24) is 10.2 Å². The number of amides is 1. The van der Waals surface area contributed by atoms with Crippen molar-refractivity contribution in [3.63, 3.8) is 0 Å². The fourth-order valence-corrected chi connectivity index (χ4v) is 3.09. The quantitative estimate of drug-likeness (QED) is 0.691.